The van der Waals surface area contributed by atoms with Crippen molar-refractivity contribution in [2.75, 3.05) is 7.05 Å². The molecule has 4 heteroatoms. The van der Waals surface area contributed by atoms with Crippen LogP contribution in [0.25, 0.3) is 0 Å². The summed E-state index contributed by atoms with van der Waals surface area (Å²) < 4.78 is 0. The number of hydrogen-bond donors (Lipinski definition) is 3. The second kappa shape index (κ2) is 2.54. The molecule has 0 heterocycles. The quantitative estimate of drug-likeness (QED) is 0.351. The maximum absolute atomic E-state index is 10.3. The van der Waals surface area contributed by atoms with E-state index in [2.05, 4.69) is 0 Å². The van der Waals surface area contributed by atoms with E-state index in [4.69, 9.17) is 11.5 Å². The van der Waals surface area contributed by atoms with Gasteiger partial charge in [-0.1, -0.05) is 0 Å². The number of quaternary nitrogens is 1. The molecule has 0 aromatic rings. The summed E-state index contributed by atoms with van der Waals surface area (Å²) in [5, 5.41) is 10.1. The van der Waals surface area contributed by atoms with Crippen molar-refractivity contribution in [2.45, 2.75) is 6.92 Å². The summed E-state index contributed by atoms with van der Waals surface area (Å²) in [7, 11) is 1.38. The Labute approximate surface area is 48.3 Å². The van der Waals surface area contributed by atoms with Crippen LogP contribution in [0.5, 0.6) is 0 Å². The largest absolute Gasteiger partial charge is 0.628 e. The summed E-state index contributed by atoms with van der Waals surface area (Å²) in [6, 6.07) is 0. The Kier molecular flexibility index (Phi) is 2.30. The minimum absolute atomic E-state index is 0.157. The lowest BCUT2D eigenvalue weighted by Crippen LogP contribution is -3.03. The number of nitrogens with one attached hydrogen (secondary N) is 1. The van der Waals surface area contributed by atoms with Gasteiger partial charge in [-0.05, 0) is 6.92 Å². The maximum Gasteiger partial charge on any atom is 0.215 e. The van der Waals surface area contributed by atoms with Gasteiger partial charge in [0.25, 0.3) is 0 Å². The lowest BCUT2D eigenvalue weighted by molar-refractivity contribution is -0.784. The number of nitrogens with two attached hydrogens (primary N) is 2. The lowest BCUT2D eigenvalue weighted by atomic mass is 10.5. The van der Waals surface area contributed by atoms with Gasteiger partial charge in [-0.25, -0.2) is 0 Å². The zero-order valence-corrected chi connectivity index (χ0v) is 5.06. The van der Waals surface area contributed by atoms with Crippen LogP contribution in [0.4, 0.5) is 0 Å². The molecular formula is C4H11N3O. The summed E-state index contributed by atoms with van der Waals surface area (Å²) in [4.78, 5) is 0. The van der Waals surface area contributed by atoms with E-state index in [-0.39, 0.29) is 10.9 Å². The van der Waals surface area contributed by atoms with Crippen LogP contribution in [0.15, 0.2) is 11.5 Å². The van der Waals surface area contributed by atoms with Crippen LogP contribution in [-0.2, 0) is 0 Å². The zero-order valence-electron chi connectivity index (χ0n) is 5.06. The monoisotopic (exact) mass is 117 g/mol. The number of hydrogen-bond acceptors (Lipinski definition) is 3. The Balaban J connectivity index is 4.00. The highest BCUT2D eigenvalue weighted by Gasteiger charge is 1.94. The fourth-order valence-electron chi connectivity index (χ4n) is 0.278. The normalized spacial score (nSPS) is 17.4. The van der Waals surface area contributed by atoms with Crippen LogP contribution in [0.2, 0.25) is 0 Å². The van der Waals surface area contributed by atoms with Crippen molar-refractivity contribution >= 4 is 0 Å². The van der Waals surface area contributed by atoms with E-state index in [1.54, 1.807) is 6.92 Å². The Hall–Kier alpha value is -0.740. The van der Waals surface area contributed by atoms with Crippen LogP contribution in [0.1, 0.15) is 6.92 Å². The van der Waals surface area contributed by atoms with Gasteiger partial charge in [0.05, 0.1) is 12.7 Å². The fourth-order valence-corrected chi connectivity index (χ4v) is 0.278. The first-order chi connectivity index (χ1) is 3.55. The molecule has 1 unspecified atom stereocenters. The molecule has 48 valence electrons. The van der Waals surface area contributed by atoms with E-state index in [1.165, 1.54) is 7.05 Å². The average molecular weight is 117 g/mol. The van der Waals surface area contributed by atoms with E-state index in [9.17, 15) is 5.21 Å². The van der Waals surface area contributed by atoms with Gasteiger partial charge in [-0.2, -0.15) is 0 Å². The second-order valence-corrected chi connectivity index (χ2v) is 1.65. The standard InChI is InChI=1S/C4H11N3O/c1-3(5)4(6)7(2)8/h7H,5-6H2,1-2H3/b4-3-. The molecule has 1 atom stereocenters. The molecule has 0 bridgehead atoms. The number of hydroxylamine groups is 2. The van der Waals surface area contributed by atoms with E-state index in [0.29, 0.717) is 5.70 Å². The SMILES string of the molecule is C/C(N)=C(\N)[NH+](C)[O-]. The van der Waals surface area contributed by atoms with Crippen molar-refractivity contribution in [2.24, 2.45) is 11.5 Å². The van der Waals surface area contributed by atoms with Gasteiger partial charge in [0.2, 0.25) is 5.82 Å². The summed E-state index contributed by atoms with van der Waals surface area (Å²) in [6.07, 6.45) is 0. The second-order valence-electron chi connectivity index (χ2n) is 1.65. The Morgan fingerprint density at radius 2 is 1.88 bits per heavy atom. The molecule has 0 spiro atoms. The molecular weight excluding hydrogens is 106 g/mol. The molecule has 0 aliphatic carbocycles. The molecule has 0 amide bonds. The first-order valence-corrected chi connectivity index (χ1v) is 2.28. The minimum atomic E-state index is -0.176. The fraction of sp³-hybridized carbons (Fsp3) is 0.500. The first-order valence-electron chi connectivity index (χ1n) is 2.28. The van der Waals surface area contributed by atoms with Crippen LogP contribution in [-0.4, -0.2) is 7.05 Å². The van der Waals surface area contributed by atoms with Gasteiger partial charge in [-0.15, -0.1) is 0 Å². The minimum Gasteiger partial charge on any atom is -0.628 e. The van der Waals surface area contributed by atoms with Crippen LogP contribution in [0.3, 0.4) is 0 Å². The summed E-state index contributed by atoms with van der Waals surface area (Å²) in [5.41, 5.74) is 10.7. The topological polar surface area (TPSA) is 79.5 Å². The van der Waals surface area contributed by atoms with E-state index in [1.807, 2.05) is 0 Å². The average Bonchev–Trinajstić information content (AvgIpc) is 1.64. The Morgan fingerprint density at radius 1 is 1.50 bits per heavy atom. The van der Waals surface area contributed by atoms with E-state index < -0.39 is 0 Å². The van der Waals surface area contributed by atoms with Gasteiger partial charge in [0.15, 0.2) is 0 Å². The third kappa shape index (κ3) is 1.81. The van der Waals surface area contributed by atoms with Crippen molar-refractivity contribution < 1.29 is 5.06 Å². The summed E-state index contributed by atoms with van der Waals surface area (Å²) >= 11 is 0. The predicted molar refractivity (Wildman–Crippen MR) is 31.3 cm³/mol. The maximum atomic E-state index is 10.3. The molecule has 4 nitrogen and oxygen atoms in total. The predicted octanol–water partition coefficient (Wildman–Crippen LogP) is -1.89. The molecule has 0 fully saturated rings. The van der Waals surface area contributed by atoms with Crippen LogP contribution >= 0.6 is 0 Å². The third-order valence-electron chi connectivity index (χ3n) is 0.804. The Morgan fingerprint density at radius 3 is 1.88 bits per heavy atom. The van der Waals surface area contributed by atoms with Gasteiger partial charge < -0.3 is 21.7 Å². The molecule has 0 saturated heterocycles. The van der Waals surface area contributed by atoms with Gasteiger partial charge in [0.1, 0.15) is 0 Å². The van der Waals surface area contributed by atoms with E-state index in [0.717, 1.165) is 0 Å². The zero-order chi connectivity index (χ0) is 6.73. The number of allylic oxidation sites excluding steroid dienone is 1. The highest BCUT2D eigenvalue weighted by atomic mass is 16.5. The molecule has 0 saturated carbocycles. The smallest absolute Gasteiger partial charge is 0.215 e. The van der Waals surface area contributed by atoms with Crippen molar-refractivity contribution in [1.82, 2.24) is 0 Å². The van der Waals surface area contributed by atoms with Crippen molar-refractivity contribution in [3.8, 4) is 0 Å². The van der Waals surface area contributed by atoms with Gasteiger partial charge >= 0.3 is 0 Å². The van der Waals surface area contributed by atoms with E-state index >= 15 is 0 Å². The van der Waals surface area contributed by atoms with Gasteiger partial charge in [-0.3, -0.25) is 0 Å². The van der Waals surface area contributed by atoms with Crippen molar-refractivity contribution in [3.63, 3.8) is 0 Å². The molecule has 0 radical (unpaired) electrons. The molecule has 0 aliphatic rings. The third-order valence-corrected chi connectivity index (χ3v) is 0.804. The van der Waals surface area contributed by atoms with Crippen LogP contribution < -0.4 is 16.5 Å². The first kappa shape index (κ1) is 7.26. The highest BCUT2D eigenvalue weighted by molar-refractivity contribution is 4.94. The highest BCUT2D eigenvalue weighted by Crippen LogP contribution is 1.74. The van der Waals surface area contributed by atoms with Crippen molar-refractivity contribution in [1.29, 1.82) is 0 Å². The number of rotatable bonds is 1. The summed E-state index contributed by atoms with van der Waals surface area (Å²) in [5.74, 6) is 0.157. The van der Waals surface area contributed by atoms with Crippen LogP contribution in [0, 0.1) is 5.21 Å². The molecule has 8 heavy (non-hydrogen) atoms. The van der Waals surface area contributed by atoms with Gasteiger partial charge in [0, 0.05) is 0 Å². The molecule has 0 aromatic heterocycles. The molecule has 0 aromatic carbocycles. The Bertz CT molecular complexity index is 104. The molecule has 5 N–H and O–H groups in total. The summed E-state index contributed by atoms with van der Waals surface area (Å²) in [6.45, 7) is 1.59. The molecule has 0 aliphatic heterocycles. The molecule has 0 rings (SSSR count). The van der Waals surface area contributed by atoms with Crippen molar-refractivity contribution in [3.05, 3.63) is 16.7 Å². The lowest BCUT2D eigenvalue weighted by Gasteiger charge is -2.15.